The van der Waals surface area contributed by atoms with Gasteiger partial charge in [0.15, 0.2) is 0 Å². The third-order valence-electron chi connectivity index (χ3n) is 1.88. The minimum atomic E-state index is 0.591. The molecule has 0 saturated carbocycles. The molecule has 0 unspecified atom stereocenters. The highest BCUT2D eigenvalue weighted by Crippen LogP contribution is 2.12. The molecule has 0 aromatic heterocycles. The normalized spacial score (nSPS) is 10.8. The van der Waals surface area contributed by atoms with Crippen LogP contribution < -0.4 is 0 Å². The first-order valence-corrected chi connectivity index (χ1v) is 5.54. The average Bonchev–Trinajstić information content (AvgIpc) is 2.14. The maximum absolute atomic E-state index is 5.67. The zero-order valence-electron chi connectivity index (χ0n) is 7.63. The summed E-state index contributed by atoms with van der Waals surface area (Å²) in [5.41, 5.74) is 1.34. The molecular formula is C10H13BrClN. The van der Waals surface area contributed by atoms with Crippen molar-refractivity contribution >= 4 is 27.5 Å². The maximum atomic E-state index is 5.67. The predicted molar refractivity (Wildman–Crippen MR) is 61.2 cm³/mol. The lowest BCUT2D eigenvalue weighted by Crippen LogP contribution is -2.19. The molecule has 0 spiro atoms. The van der Waals surface area contributed by atoms with Crippen LogP contribution in [0.4, 0.5) is 0 Å². The SMILES string of the molecule is CN(CCl)CCc1cccc(Br)c1. The van der Waals surface area contributed by atoms with Crippen molar-refractivity contribution < 1.29 is 0 Å². The van der Waals surface area contributed by atoms with Gasteiger partial charge in [0.1, 0.15) is 0 Å². The van der Waals surface area contributed by atoms with Gasteiger partial charge >= 0.3 is 0 Å². The Morgan fingerprint density at radius 3 is 2.85 bits per heavy atom. The minimum absolute atomic E-state index is 0.591. The van der Waals surface area contributed by atoms with Crippen molar-refractivity contribution in [3.8, 4) is 0 Å². The second-order valence-corrected chi connectivity index (χ2v) is 4.23. The van der Waals surface area contributed by atoms with Gasteiger partial charge in [-0.25, -0.2) is 0 Å². The van der Waals surface area contributed by atoms with Crippen LogP contribution in [0.3, 0.4) is 0 Å². The van der Waals surface area contributed by atoms with Crippen LogP contribution in [0, 0.1) is 0 Å². The molecule has 0 N–H and O–H groups in total. The Hall–Kier alpha value is -0.0500. The highest BCUT2D eigenvalue weighted by Gasteiger charge is 1.97. The highest BCUT2D eigenvalue weighted by atomic mass is 79.9. The zero-order valence-corrected chi connectivity index (χ0v) is 9.98. The molecule has 0 amide bonds. The number of hydrogen-bond acceptors (Lipinski definition) is 1. The van der Waals surface area contributed by atoms with Gasteiger partial charge in [-0.2, -0.15) is 0 Å². The van der Waals surface area contributed by atoms with Crippen LogP contribution in [0.5, 0.6) is 0 Å². The van der Waals surface area contributed by atoms with Crippen molar-refractivity contribution in [2.45, 2.75) is 6.42 Å². The first kappa shape index (κ1) is 11.0. The molecule has 1 rings (SSSR count). The molecule has 1 aromatic rings. The number of alkyl halides is 1. The predicted octanol–water partition coefficient (Wildman–Crippen LogP) is 3.12. The Kier molecular flexibility index (Phi) is 4.78. The van der Waals surface area contributed by atoms with Crippen molar-refractivity contribution in [3.05, 3.63) is 34.3 Å². The zero-order chi connectivity index (χ0) is 9.68. The molecule has 0 saturated heterocycles. The minimum Gasteiger partial charge on any atom is -0.293 e. The molecule has 1 aromatic carbocycles. The van der Waals surface area contributed by atoms with Gasteiger partial charge in [0.05, 0.1) is 6.00 Å². The smallest absolute Gasteiger partial charge is 0.0736 e. The third-order valence-corrected chi connectivity index (χ3v) is 2.78. The van der Waals surface area contributed by atoms with E-state index >= 15 is 0 Å². The van der Waals surface area contributed by atoms with Crippen molar-refractivity contribution in [3.63, 3.8) is 0 Å². The maximum Gasteiger partial charge on any atom is 0.0736 e. The Balaban J connectivity index is 2.45. The fourth-order valence-corrected chi connectivity index (χ4v) is 1.64. The van der Waals surface area contributed by atoms with Crippen LogP contribution in [-0.4, -0.2) is 24.5 Å². The molecule has 0 aliphatic heterocycles. The van der Waals surface area contributed by atoms with E-state index in [1.807, 2.05) is 13.1 Å². The molecule has 3 heteroatoms. The molecular weight excluding hydrogens is 249 g/mol. The Morgan fingerprint density at radius 1 is 1.46 bits per heavy atom. The summed E-state index contributed by atoms with van der Waals surface area (Å²) in [7, 11) is 2.02. The molecule has 0 heterocycles. The van der Waals surface area contributed by atoms with E-state index in [1.54, 1.807) is 0 Å². The topological polar surface area (TPSA) is 3.24 Å². The van der Waals surface area contributed by atoms with Crippen LogP contribution in [0.25, 0.3) is 0 Å². The average molecular weight is 263 g/mol. The molecule has 0 aliphatic rings. The largest absolute Gasteiger partial charge is 0.293 e. The van der Waals surface area contributed by atoms with Crippen LogP contribution >= 0.6 is 27.5 Å². The van der Waals surface area contributed by atoms with Crippen LogP contribution in [0.2, 0.25) is 0 Å². The van der Waals surface area contributed by atoms with E-state index in [-0.39, 0.29) is 0 Å². The van der Waals surface area contributed by atoms with Gasteiger partial charge in [-0.05, 0) is 31.2 Å². The van der Waals surface area contributed by atoms with Crippen LogP contribution in [-0.2, 0) is 6.42 Å². The van der Waals surface area contributed by atoms with Gasteiger partial charge in [-0.15, -0.1) is 11.6 Å². The van der Waals surface area contributed by atoms with E-state index in [4.69, 9.17) is 11.6 Å². The fourth-order valence-electron chi connectivity index (χ4n) is 1.07. The number of benzene rings is 1. The third kappa shape index (κ3) is 4.12. The van der Waals surface area contributed by atoms with E-state index in [2.05, 4.69) is 39.0 Å². The lowest BCUT2D eigenvalue weighted by Gasteiger charge is -2.11. The molecule has 0 atom stereocenters. The molecule has 0 bridgehead atoms. The van der Waals surface area contributed by atoms with E-state index in [1.165, 1.54) is 5.56 Å². The summed E-state index contributed by atoms with van der Waals surface area (Å²) in [6.45, 7) is 1.000. The second kappa shape index (κ2) is 5.63. The molecule has 0 fully saturated rings. The Labute approximate surface area is 92.8 Å². The van der Waals surface area contributed by atoms with Crippen molar-refractivity contribution in [2.75, 3.05) is 19.6 Å². The summed E-state index contributed by atoms with van der Waals surface area (Å²) in [5, 5.41) is 0. The summed E-state index contributed by atoms with van der Waals surface area (Å²) < 4.78 is 1.14. The molecule has 0 radical (unpaired) electrons. The number of nitrogens with zero attached hydrogens (tertiary/aromatic N) is 1. The van der Waals surface area contributed by atoms with Crippen LogP contribution in [0.15, 0.2) is 28.7 Å². The van der Waals surface area contributed by atoms with Crippen LogP contribution in [0.1, 0.15) is 5.56 Å². The quantitative estimate of drug-likeness (QED) is 0.595. The Bertz CT molecular complexity index is 265. The second-order valence-electron chi connectivity index (χ2n) is 3.08. The number of hydrogen-bond donors (Lipinski definition) is 0. The lowest BCUT2D eigenvalue weighted by molar-refractivity contribution is 0.394. The van der Waals surface area contributed by atoms with Gasteiger partial charge in [0.2, 0.25) is 0 Å². The van der Waals surface area contributed by atoms with Gasteiger partial charge in [0.25, 0.3) is 0 Å². The van der Waals surface area contributed by atoms with Gasteiger partial charge in [0, 0.05) is 11.0 Å². The van der Waals surface area contributed by atoms with Gasteiger partial charge in [-0.3, -0.25) is 4.90 Å². The Morgan fingerprint density at radius 2 is 2.23 bits per heavy atom. The molecule has 0 aliphatic carbocycles. The summed E-state index contributed by atoms with van der Waals surface area (Å²) >= 11 is 9.11. The summed E-state index contributed by atoms with van der Waals surface area (Å²) in [6, 6.07) is 8.96. The van der Waals surface area contributed by atoms with Crippen molar-refractivity contribution in [2.24, 2.45) is 0 Å². The number of likely N-dealkylation sites (N-methyl/N-ethyl adjacent to an activating group) is 1. The van der Waals surface area contributed by atoms with Crippen molar-refractivity contribution in [1.29, 1.82) is 0 Å². The van der Waals surface area contributed by atoms with E-state index in [0.29, 0.717) is 6.00 Å². The fraction of sp³-hybridized carbons (Fsp3) is 0.400. The lowest BCUT2D eigenvalue weighted by atomic mass is 10.1. The summed E-state index contributed by atoms with van der Waals surface area (Å²) in [6.07, 6.45) is 1.04. The number of rotatable bonds is 4. The summed E-state index contributed by atoms with van der Waals surface area (Å²) in [4.78, 5) is 2.09. The van der Waals surface area contributed by atoms with Gasteiger partial charge < -0.3 is 0 Å². The van der Waals surface area contributed by atoms with Crippen molar-refractivity contribution in [1.82, 2.24) is 4.90 Å². The van der Waals surface area contributed by atoms with E-state index in [9.17, 15) is 0 Å². The monoisotopic (exact) mass is 261 g/mol. The first-order chi connectivity index (χ1) is 6.22. The van der Waals surface area contributed by atoms with Gasteiger partial charge in [-0.1, -0.05) is 28.1 Å². The molecule has 72 valence electrons. The van der Waals surface area contributed by atoms with E-state index in [0.717, 1.165) is 17.4 Å². The number of halogens is 2. The van der Waals surface area contributed by atoms with E-state index < -0.39 is 0 Å². The molecule has 13 heavy (non-hydrogen) atoms. The summed E-state index contributed by atoms with van der Waals surface area (Å²) in [5.74, 6) is 0. The standard InChI is InChI=1S/C10H13BrClN/c1-13(8-12)6-5-9-3-2-4-10(11)7-9/h2-4,7H,5-6,8H2,1H3. The highest BCUT2D eigenvalue weighted by molar-refractivity contribution is 9.10. The first-order valence-electron chi connectivity index (χ1n) is 4.21. The molecule has 1 nitrogen and oxygen atoms in total.